The molecule has 1 N–H and O–H groups in total. The number of amides is 3. The number of anilines is 1. The normalized spacial score (nSPS) is 33.9. The zero-order chi connectivity index (χ0) is 20.9. The van der Waals surface area contributed by atoms with Gasteiger partial charge in [0.2, 0.25) is 17.7 Å². The lowest BCUT2D eigenvalue weighted by Crippen LogP contribution is -2.48. The molecule has 2 saturated carbocycles. The number of likely N-dealkylation sites (tertiary alicyclic amines) is 1. The molecule has 1 aliphatic heterocycles. The van der Waals surface area contributed by atoms with Gasteiger partial charge in [0.15, 0.2) is 0 Å². The number of hydrogen-bond donors (Lipinski definition) is 1. The first-order valence-corrected chi connectivity index (χ1v) is 13.1. The maximum atomic E-state index is 13.3. The number of hydrogen-bond acceptors (Lipinski definition) is 4. The van der Waals surface area contributed by atoms with Gasteiger partial charge >= 0.3 is 0 Å². The Balaban J connectivity index is 1.59. The second kappa shape index (κ2) is 8.35. The Kier molecular flexibility index (Phi) is 6.15. The summed E-state index contributed by atoms with van der Waals surface area (Å²) in [6.45, 7) is 1.96. The van der Waals surface area contributed by atoms with Gasteiger partial charge in [0.1, 0.15) is 6.04 Å². The number of benzene rings is 1. The minimum atomic E-state index is -0.768. The van der Waals surface area contributed by atoms with Gasteiger partial charge in [-0.25, -0.2) is 0 Å². The van der Waals surface area contributed by atoms with Crippen molar-refractivity contribution in [2.45, 2.75) is 35.5 Å². The van der Waals surface area contributed by atoms with Crippen LogP contribution in [0.1, 0.15) is 18.4 Å². The number of thioether (sulfide) groups is 1. The van der Waals surface area contributed by atoms with Crippen molar-refractivity contribution < 1.29 is 14.4 Å². The van der Waals surface area contributed by atoms with E-state index in [2.05, 4.69) is 37.2 Å². The standard InChI is InChI=1S/C21H24Br2N2O3S/c1-10-4-3-5-11(8-10)24-19(26)14(6-7-29-2)25-20(27)15-12-9-13(16(15)21(25)28)18(23)17(12)22/h3-5,8,12-18H,6-7,9H2,1-2H3,(H,24,26)/t12-,13-,14-,15-,16+,17-,18+/m0/s1. The van der Waals surface area contributed by atoms with Crippen LogP contribution in [-0.2, 0) is 14.4 Å². The number of imide groups is 1. The highest BCUT2D eigenvalue weighted by molar-refractivity contribution is 9.12. The summed E-state index contributed by atoms with van der Waals surface area (Å²) < 4.78 is 0. The number of halogens is 2. The number of fused-ring (bicyclic) bond motifs is 5. The number of carbonyl (C=O) groups is 3. The van der Waals surface area contributed by atoms with Crippen LogP contribution in [-0.4, -0.2) is 50.3 Å². The molecule has 1 heterocycles. The molecule has 1 aromatic carbocycles. The molecule has 5 nitrogen and oxygen atoms in total. The van der Waals surface area contributed by atoms with E-state index in [0.29, 0.717) is 17.9 Å². The molecule has 29 heavy (non-hydrogen) atoms. The summed E-state index contributed by atoms with van der Waals surface area (Å²) in [4.78, 5) is 41.5. The van der Waals surface area contributed by atoms with E-state index in [1.54, 1.807) is 11.8 Å². The maximum Gasteiger partial charge on any atom is 0.247 e. The first-order valence-electron chi connectivity index (χ1n) is 9.86. The van der Waals surface area contributed by atoms with Gasteiger partial charge < -0.3 is 5.32 Å². The summed E-state index contributed by atoms with van der Waals surface area (Å²) in [5.74, 6) is -0.210. The fourth-order valence-electron chi connectivity index (χ4n) is 5.23. The second-order valence-corrected chi connectivity index (χ2v) is 11.3. The van der Waals surface area contributed by atoms with Gasteiger partial charge in [0, 0.05) is 15.3 Å². The van der Waals surface area contributed by atoms with Crippen LogP contribution in [0, 0.1) is 30.6 Å². The van der Waals surface area contributed by atoms with Gasteiger partial charge in [-0.1, -0.05) is 44.0 Å². The van der Waals surface area contributed by atoms with Gasteiger partial charge in [0.25, 0.3) is 0 Å². The average Bonchev–Trinajstić information content (AvgIpc) is 3.28. The highest BCUT2D eigenvalue weighted by Gasteiger charge is 2.67. The third-order valence-corrected chi connectivity index (χ3v) is 10.4. The molecule has 0 spiro atoms. The molecule has 2 aliphatic carbocycles. The van der Waals surface area contributed by atoms with Crippen LogP contribution in [0.4, 0.5) is 5.69 Å². The predicted octanol–water partition coefficient (Wildman–Crippen LogP) is 3.83. The van der Waals surface area contributed by atoms with Crippen molar-refractivity contribution >= 4 is 67.0 Å². The second-order valence-electron chi connectivity index (χ2n) is 8.21. The van der Waals surface area contributed by atoms with Crippen LogP contribution >= 0.6 is 43.6 Å². The SMILES string of the molecule is CSCC[C@@H](C(=O)Nc1cccc(C)c1)N1C(=O)[C@@H]2[C@@H]3C[C@H]([C@H](Br)[C@@H]3Br)[C@@H]2C1=O. The van der Waals surface area contributed by atoms with Gasteiger partial charge in [-0.3, -0.25) is 19.3 Å². The van der Waals surface area contributed by atoms with Crippen LogP contribution in [0.25, 0.3) is 0 Å². The van der Waals surface area contributed by atoms with Gasteiger partial charge in [-0.2, -0.15) is 11.8 Å². The molecular formula is C21H24Br2N2O3S. The Morgan fingerprint density at radius 3 is 2.38 bits per heavy atom. The molecule has 3 aliphatic rings. The zero-order valence-corrected chi connectivity index (χ0v) is 20.3. The minimum absolute atomic E-state index is 0.150. The first-order chi connectivity index (χ1) is 13.8. The summed E-state index contributed by atoms with van der Waals surface area (Å²) in [6, 6.07) is 6.78. The number of aryl methyl sites for hydroxylation is 1. The molecule has 7 atom stereocenters. The molecule has 156 valence electrons. The van der Waals surface area contributed by atoms with Gasteiger partial charge in [-0.05, 0) is 61.3 Å². The van der Waals surface area contributed by atoms with E-state index in [-0.39, 0.29) is 51.0 Å². The van der Waals surface area contributed by atoms with Gasteiger partial charge in [-0.15, -0.1) is 0 Å². The summed E-state index contributed by atoms with van der Waals surface area (Å²) >= 11 is 9.03. The molecule has 8 heteroatoms. The number of rotatable bonds is 6. The van der Waals surface area contributed by atoms with Crippen molar-refractivity contribution in [3.8, 4) is 0 Å². The van der Waals surface area contributed by atoms with Crippen molar-refractivity contribution in [2.75, 3.05) is 17.3 Å². The summed E-state index contributed by atoms with van der Waals surface area (Å²) in [5, 5.41) is 2.92. The van der Waals surface area contributed by atoms with E-state index in [4.69, 9.17) is 0 Å². The smallest absolute Gasteiger partial charge is 0.247 e. The minimum Gasteiger partial charge on any atom is -0.324 e. The molecule has 0 unspecified atom stereocenters. The lowest BCUT2D eigenvalue weighted by Gasteiger charge is -2.28. The van der Waals surface area contributed by atoms with Crippen molar-refractivity contribution in [3.63, 3.8) is 0 Å². The lowest BCUT2D eigenvalue weighted by atomic mass is 9.81. The van der Waals surface area contributed by atoms with E-state index >= 15 is 0 Å². The van der Waals surface area contributed by atoms with Crippen molar-refractivity contribution in [1.82, 2.24) is 4.90 Å². The first kappa shape index (κ1) is 21.4. The molecule has 3 fully saturated rings. The van der Waals surface area contributed by atoms with Crippen molar-refractivity contribution in [3.05, 3.63) is 29.8 Å². The molecule has 2 bridgehead atoms. The van der Waals surface area contributed by atoms with Crippen LogP contribution < -0.4 is 5.32 Å². The van der Waals surface area contributed by atoms with Crippen molar-refractivity contribution in [2.24, 2.45) is 23.7 Å². The van der Waals surface area contributed by atoms with Crippen LogP contribution in [0.3, 0.4) is 0 Å². The lowest BCUT2D eigenvalue weighted by molar-refractivity contribution is -0.147. The average molecular weight is 544 g/mol. The number of nitrogens with zero attached hydrogens (tertiary/aromatic N) is 1. The highest BCUT2D eigenvalue weighted by atomic mass is 79.9. The Bertz CT molecular complexity index is 819. The summed E-state index contributed by atoms with van der Waals surface area (Å²) in [5.41, 5.74) is 1.72. The molecule has 3 amide bonds. The highest BCUT2D eigenvalue weighted by Crippen LogP contribution is 2.60. The third-order valence-electron chi connectivity index (χ3n) is 6.52. The fourth-order valence-corrected chi connectivity index (χ4v) is 7.57. The Morgan fingerprint density at radius 2 is 1.83 bits per heavy atom. The van der Waals surface area contributed by atoms with Gasteiger partial charge in [0.05, 0.1) is 11.8 Å². The number of nitrogens with one attached hydrogen (secondary N) is 1. The largest absolute Gasteiger partial charge is 0.324 e. The maximum absolute atomic E-state index is 13.3. The zero-order valence-electron chi connectivity index (χ0n) is 16.3. The van der Waals surface area contributed by atoms with E-state index in [1.165, 1.54) is 4.90 Å². The molecule has 0 radical (unpaired) electrons. The Labute approximate surface area is 192 Å². The molecule has 1 saturated heterocycles. The monoisotopic (exact) mass is 542 g/mol. The topological polar surface area (TPSA) is 66.5 Å². The van der Waals surface area contributed by atoms with E-state index in [0.717, 1.165) is 12.0 Å². The summed E-state index contributed by atoms with van der Waals surface area (Å²) in [6.07, 6.45) is 3.31. The quantitative estimate of drug-likeness (QED) is 0.437. The van der Waals surface area contributed by atoms with E-state index in [9.17, 15) is 14.4 Å². The fraction of sp³-hybridized carbons (Fsp3) is 0.571. The Morgan fingerprint density at radius 1 is 1.21 bits per heavy atom. The van der Waals surface area contributed by atoms with Crippen LogP contribution in [0.15, 0.2) is 24.3 Å². The van der Waals surface area contributed by atoms with E-state index in [1.807, 2.05) is 37.4 Å². The van der Waals surface area contributed by atoms with Crippen LogP contribution in [0.5, 0.6) is 0 Å². The molecular weight excluding hydrogens is 520 g/mol. The van der Waals surface area contributed by atoms with E-state index < -0.39 is 6.04 Å². The number of alkyl halides is 2. The summed E-state index contributed by atoms with van der Waals surface area (Å²) in [7, 11) is 0. The number of carbonyl (C=O) groups excluding carboxylic acids is 3. The molecule has 0 aromatic heterocycles. The predicted molar refractivity (Wildman–Crippen MR) is 122 cm³/mol. The molecule has 1 aromatic rings. The molecule has 4 rings (SSSR count). The van der Waals surface area contributed by atoms with Crippen molar-refractivity contribution in [1.29, 1.82) is 0 Å². The Hall–Kier alpha value is -0.860. The third kappa shape index (κ3) is 3.59. The van der Waals surface area contributed by atoms with Crippen LogP contribution in [0.2, 0.25) is 0 Å².